The van der Waals surface area contributed by atoms with Gasteiger partial charge in [-0.3, -0.25) is 14.8 Å². The third kappa shape index (κ3) is 3.57. The van der Waals surface area contributed by atoms with E-state index >= 15 is 0 Å². The number of methoxy groups -OCH3 is 1. The number of aromatic nitrogens is 2. The third-order valence-electron chi connectivity index (χ3n) is 7.31. The standard InChI is InChI=1S/C26H25N7O3/c1-15-24(33(34)35)16(2)32(31-15)12-18-10-17(8-9-22(18)36-3)23-20-7-5-4-6-19(20)21(11-27)25(30)26(23,13-28)14-29/h6,8-10,20,23H,4-5,7,12,30H2,1-3H3/t20-,23-/m0/s1. The van der Waals surface area contributed by atoms with E-state index in [2.05, 4.69) is 23.3 Å². The number of benzene rings is 1. The molecule has 36 heavy (non-hydrogen) atoms. The van der Waals surface area contributed by atoms with Crippen molar-refractivity contribution in [3.8, 4) is 24.0 Å². The zero-order chi connectivity index (χ0) is 26.2. The number of nitriles is 3. The van der Waals surface area contributed by atoms with E-state index in [1.807, 2.05) is 18.2 Å². The second kappa shape index (κ2) is 9.20. The number of rotatable bonds is 5. The van der Waals surface area contributed by atoms with Gasteiger partial charge in [-0.1, -0.05) is 12.1 Å². The molecular weight excluding hydrogens is 458 g/mol. The lowest BCUT2D eigenvalue weighted by Gasteiger charge is -2.43. The molecule has 0 amide bonds. The van der Waals surface area contributed by atoms with E-state index in [9.17, 15) is 25.9 Å². The minimum atomic E-state index is -1.72. The Bertz CT molecular complexity index is 1430. The summed E-state index contributed by atoms with van der Waals surface area (Å²) in [6, 6.07) is 11.9. The van der Waals surface area contributed by atoms with Crippen molar-refractivity contribution in [3.05, 3.63) is 73.7 Å². The second-order valence-corrected chi connectivity index (χ2v) is 9.11. The summed E-state index contributed by atoms with van der Waals surface area (Å²) in [6.07, 6.45) is 4.37. The number of hydrogen-bond donors (Lipinski definition) is 1. The van der Waals surface area contributed by atoms with Crippen LogP contribution in [0, 0.1) is 69.3 Å². The molecule has 0 saturated heterocycles. The van der Waals surface area contributed by atoms with Gasteiger partial charge in [0.15, 0.2) is 5.41 Å². The average Bonchev–Trinajstić information content (AvgIpc) is 3.15. The summed E-state index contributed by atoms with van der Waals surface area (Å²) in [5.41, 5.74) is 7.75. The van der Waals surface area contributed by atoms with Crippen LogP contribution >= 0.6 is 0 Å². The van der Waals surface area contributed by atoms with E-state index in [4.69, 9.17) is 10.5 Å². The largest absolute Gasteiger partial charge is 0.496 e. The summed E-state index contributed by atoms with van der Waals surface area (Å²) >= 11 is 0. The number of ether oxygens (including phenoxy) is 1. The summed E-state index contributed by atoms with van der Waals surface area (Å²) in [5, 5.41) is 46.2. The molecule has 1 aromatic carbocycles. The molecule has 2 atom stereocenters. The molecule has 2 aliphatic carbocycles. The molecular formula is C26H25N7O3. The molecule has 1 aromatic heterocycles. The van der Waals surface area contributed by atoms with E-state index < -0.39 is 16.3 Å². The molecule has 0 fully saturated rings. The minimum absolute atomic E-state index is 0.0176. The van der Waals surface area contributed by atoms with Gasteiger partial charge < -0.3 is 10.5 Å². The van der Waals surface area contributed by atoms with Gasteiger partial charge in [0, 0.05) is 11.5 Å². The molecule has 0 bridgehead atoms. The first-order valence-corrected chi connectivity index (χ1v) is 11.5. The summed E-state index contributed by atoms with van der Waals surface area (Å²) in [4.78, 5) is 11.0. The zero-order valence-electron chi connectivity index (χ0n) is 20.3. The highest BCUT2D eigenvalue weighted by atomic mass is 16.6. The van der Waals surface area contributed by atoms with Crippen LogP contribution in [0.2, 0.25) is 0 Å². The van der Waals surface area contributed by atoms with Gasteiger partial charge in [-0.25, -0.2) is 0 Å². The highest BCUT2D eigenvalue weighted by Crippen LogP contribution is 2.56. The molecule has 4 rings (SSSR count). The summed E-state index contributed by atoms with van der Waals surface area (Å²) in [6.45, 7) is 3.42. The van der Waals surface area contributed by atoms with E-state index in [0.717, 1.165) is 18.4 Å². The van der Waals surface area contributed by atoms with E-state index in [0.29, 0.717) is 34.7 Å². The molecule has 2 aliphatic rings. The van der Waals surface area contributed by atoms with Crippen LogP contribution < -0.4 is 10.5 Å². The quantitative estimate of drug-likeness (QED) is 0.490. The first-order valence-electron chi connectivity index (χ1n) is 11.5. The molecule has 2 aromatic rings. The number of allylic oxidation sites excluding steroid dienone is 4. The lowest BCUT2D eigenvalue weighted by Crippen LogP contribution is -2.42. The first-order chi connectivity index (χ1) is 17.2. The number of aryl methyl sites for hydroxylation is 1. The summed E-state index contributed by atoms with van der Waals surface area (Å²) < 4.78 is 7.11. The first kappa shape index (κ1) is 24.5. The van der Waals surface area contributed by atoms with Gasteiger partial charge >= 0.3 is 5.69 Å². The predicted molar refractivity (Wildman–Crippen MR) is 129 cm³/mol. The van der Waals surface area contributed by atoms with E-state index in [1.54, 1.807) is 24.6 Å². The van der Waals surface area contributed by atoms with Crippen molar-refractivity contribution in [2.24, 2.45) is 17.1 Å². The number of nitrogens with two attached hydrogens (primary N) is 1. The van der Waals surface area contributed by atoms with Crippen LogP contribution in [0.5, 0.6) is 5.75 Å². The molecule has 0 unspecified atom stereocenters. The fourth-order valence-corrected chi connectivity index (χ4v) is 5.63. The van der Waals surface area contributed by atoms with Crippen molar-refractivity contribution in [2.45, 2.75) is 45.6 Å². The van der Waals surface area contributed by atoms with Gasteiger partial charge in [-0.2, -0.15) is 20.9 Å². The SMILES string of the molecule is COc1ccc([C@H]2[C@H]3CCCC=C3C(C#N)=C(N)C2(C#N)C#N)cc1Cn1nc(C)c([N+](=O)[O-])c1C. The maximum atomic E-state index is 11.5. The smallest absolute Gasteiger partial charge is 0.312 e. The number of fused-ring (bicyclic) bond motifs is 1. The topological polar surface area (TPSA) is 168 Å². The minimum Gasteiger partial charge on any atom is -0.496 e. The second-order valence-electron chi connectivity index (χ2n) is 9.11. The molecule has 0 aliphatic heterocycles. The van der Waals surface area contributed by atoms with Crippen molar-refractivity contribution in [1.82, 2.24) is 9.78 Å². The highest BCUT2D eigenvalue weighted by Gasteiger charge is 2.53. The van der Waals surface area contributed by atoms with Crippen LogP contribution in [0.3, 0.4) is 0 Å². The Hall–Kier alpha value is -4.62. The predicted octanol–water partition coefficient (Wildman–Crippen LogP) is 4.06. The van der Waals surface area contributed by atoms with Crippen LogP contribution in [-0.4, -0.2) is 21.8 Å². The van der Waals surface area contributed by atoms with E-state index in [1.165, 1.54) is 7.11 Å². The van der Waals surface area contributed by atoms with Crippen LogP contribution in [0.4, 0.5) is 5.69 Å². The molecule has 0 radical (unpaired) electrons. The molecule has 0 saturated carbocycles. The third-order valence-corrected chi connectivity index (χ3v) is 7.31. The Kier molecular flexibility index (Phi) is 6.26. The number of nitrogens with zero attached hydrogens (tertiary/aromatic N) is 6. The van der Waals surface area contributed by atoms with Crippen molar-refractivity contribution >= 4 is 5.69 Å². The maximum Gasteiger partial charge on any atom is 0.312 e. The number of hydrogen-bond acceptors (Lipinski definition) is 8. The Morgan fingerprint density at radius 1 is 1.31 bits per heavy atom. The van der Waals surface area contributed by atoms with Gasteiger partial charge in [0.25, 0.3) is 0 Å². The Morgan fingerprint density at radius 2 is 2.03 bits per heavy atom. The summed E-state index contributed by atoms with van der Waals surface area (Å²) in [7, 11) is 1.53. The monoisotopic (exact) mass is 483 g/mol. The lowest BCUT2D eigenvalue weighted by molar-refractivity contribution is -0.386. The van der Waals surface area contributed by atoms with Crippen LogP contribution in [0.1, 0.15) is 47.7 Å². The van der Waals surface area contributed by atoms with Gasteiger partial charge in [-0.15, -0.1) is 0 Å². The molecule has 2 N–H and O–H groups in total. The Balaban J connectivity index is 1.89. The van der Waals surface area contributed by atoms with E-state index in [-0.39, 0.29) is 29.4 Å². The maximum absolute atomic E-state index is 11.5. The highest BCUT2D eigenvalue weighted by molar-refractivity contribution is 5.59. The Morgan fingerprint density at radius 3 is 2.61 bits per heavy atom. The van der Waals surface area contributed by atoms with Crippen molar-refractivity contribution < 1.29 is 9.66 Å². The lowest BCUT2D eigenvalue weighted by atomic mass is 9.56. The molecule has 182 valence electrons. The molecule has 10 nitrogen and oxygen atoms in total. The van der Waals surface area contributed by atoms with Crippen molar-refractivity contribution in [2.75, 3.05) is 7.11 Å². The van der Waals surface area contributed by atoms with Gasteiger partial charge in [0.1, 0.15) is 23.2 Å². The van der Waals surface area contributed by atoms with Crippen molar-refractivity contribution in [1.29, 1.82) is 15.8 Å². The molecule has 0 spiro atoms. The number of nitro groups is 1. The van der Waals surface area contributed by atoms with Crippen LogP contribution in [0.25, 0.3) is 0 Å². The van der Waals surface area contributed by atoms with Crippen molar-refractivity contribution in [3.63, 3.8) is 0 Å². The van der Waals surface area contributed by atoms with Crippen LogP contribution in [-0.2, 0) is 6.54 Å². The molecule has 10 heteroatoms. The van der Waals surface area contributed by atoms with Gasteiger partial charge in [0.2, 0.25) is 0 Å². The van der Waals surface area contributed by atoms with Crippen LogP contribution in [0.15, 0.2) is 41.1 Å². The fourth-order valence-electron chi connectivity index (χ4n) is 5.63. The summed E-state index contributed by atoms with van der Waals surface area (Å²) in [5.74, 6) is -0.281. The van der Waals surface area contributed by atoms with Gasteiger partial charge in [-0.05, 0) is 62.3 Å². The zero-order valence-corrected chi connectivity index (χ0v) is 20.3. The fraction of sp³-hybridized carbons (Fsp3) is 0.385. The van der Waals surface area contributed by atoms with Gasteiger partial charge in [0.05, 0.1) is 42.0 Å². The normalized spacial score (nSPS) is 20.4. The average molecular weight is 484 g/mol. The molecule has 1 heterocycles. The Labute approximate surface area is 208 Å².